The number of nitrogens with one attached hydrogen (secondary N) is 1. The number of furan rings is 1. The number of fused-ring (bicyclic) bond motifs is 1. The molecule has 0 saturated carbocycles. The minimum Gasteiger partial charge on any atom is -0.443 e. The average molecular weight is 509 g/mol. The van der Waals surface area contributed by atoms with Crippen LogP contribution in [0.1, 0.15) is 21.0 Å². The van der Waals surface area contributed by atoms with Gasteiger partial charge in [-0.1, -0.05) is 47.5 Å². The number of carbonyl (C=O) groups is 3. The number of para-hydroxylation sites is 1. The summed E-state index contributed by atoms with van der Waals surface area (Å²) in [6.07, 6.45) is -2.02. The van der Waals surface area contributed by atoms with Gasteiger partial charge in [-0.15, -0.1) is 0 Å². The first kappa shape index (κ1) is 22.7. The zero-order valence-corrected chi connectivity index (χ0v) is 18.6. The molecule has 0 saturated heterocycles. The van der Waals surface area contributed by atoms with Gasteiger partial charge in [-0.25, -0.2) is 14.4 Å². The van der Waals surface area contributed by atoms with Crippen LogP contribution in [0.2, 0.25) is 15.3 Å². The summed E-state index contributed by atoms with van der Waals surface area (Å²) in [6.45, 7) is 0. The molecule has 0 fully saturated rings. The fraction of sp³-hybridized carbons (Fsp3) is 0.0455. The predicted molar refractivity (Wildman–Crippen MR) is 119 cm³/mol. The maximum absolute atomic E-state index is 12.7. The van der Waals surface area contributed by atoms with Gasteiger partial charge >= 0.3 is 24.2 Å². The molecule has 0 amide bonds. The second kappa shape index (κ2) is 9.58. The van der Waals surface area contributed by atoms with Gasteiger partial charge in [0.1, 0.15) is 16.5 Å². The van der Waals surface area contributed by atoms with Crippen LogP contribution in [-0.2, 0) is 14.3 Å². The van der Waals surface area contributed by atoms with E-state index in [1.807, 2.05) is 0 Å². The maximum atomic E-state index is 12.7. The highest BCUT2D eigenvalue weighted by Gasteiger charge is 2.32. The molecule has 0 aliphatic rings. The van der Waals surface area contributed by atoms with Crippen molar-refractivity contribution in [2.45, 2.75) is 6.29 Å². The van der Waals surface area contributed by atoms with Crippen molar-refractivity contribution in [3.63, 3.8) is 0 Å². The Hall–Kier alpha value is -3.46. The van der Waals surface area contributed by atoms with Crippen LogP contribution < -0.4 is 4.74 Å². The summed E-state index contributed by atoms with van der Waals surface area (Å²) in [5.74, 6) is -3.82. The summed E-state index contributed by atoms with van der Waals surface area (Å²) in [6, 6.07) is 15.5. The Kier molecular flexibility index (Phi) is 6.60. The van der Waals surface area contributed by atoms with Crippen molar-refractivity contribution in [1.82, 2.24) is 4.98 Å². The van der Waals surface area contributed by atoms with Crippen molar-refractivity contribution < 1.29 is 33.0 Å². The van der Waals surface area contributed by atoms with Gasteiger partial charge in [-0.2, -0.15) is 0 Å². The molecule has 2 aromatic carbocycles. The number of carbonyl (C=O) groups excluding carboxylic acids is 3. The topological polar surface area (TPSA) is 108 Å². The standard InChI is InChI=1S/C22H12Cl3NO7/c23-12-5-3-7-15(18(12)25)31-22(33-20(28)16-8-9-17(24)30-16)21(29)32-19(27)14-10-11-4-1-2-6-13(11)26-14/h1-10,22,26H. The van der Waals surface area contributed by atoms with E-state index in [2.05, 4.69) is 4.98 Å². The van der Waals surface area contributed by atoms with E-state index >= 15 is 0 Å². The van der Waals surface area contributed by atoms with Crippen molar-refractivity contribution in [3.8, 4) is 5.75 Å². The molecule has 0 aliphatic heterocycles. The first-order valence-electron chi connectivity index (χ1n) is 9.22. The first-order valence-corrected chi connectivity index (χ1v) is 10.4. The van der Waals surface area contributed by atoms with Gasteiger partial charge in [-0.3, -0.25) is 0 Å². The number of ether oxygens (including phenoxy) is 3. The number of rotatable bonds is 6. The minimum atomic E-state index is -2.02. The Balaban J connectivity index is 1.56. The lowest BCUT2D eigenvalue weighted by atomic mass is 10.2. The molecule has 1 unspecified atom stereocenters. The highest BCUT2D eigenvalue weighted by atomic mass is 35.5. The minimum absolute atomic E-state index is 0.00762. The zero-order chi connectivity index (χ0) is 23.5. The molecule has 2 aromatic heterocycles. The highest BCUT2D eigenvalue weighted by molar-refractivity contribution is 6.42. The van der Waals surface area contributed by atoms with Gasteiger partial charge in [-0.05, 0) is 48.0 Å². The van der Waals surface area contributed by atoms with E-state index < -0.39 is 24.2 Å². The third-order valence-corrected chi connectivity index (χ3v) is 5.28. The van der Waals surface area contributed by atoms with Crippen LogP contribution in [0, 0.1) is 0 Å². The lowest BCUT2D eigenvalue weighted by molar-refractivity contribution is -0.163. The van der Waals surface area contributed by atoms with Crippen molar-refractivity contribution >= 4 is 63.6 Å². The van der Waals surface area contributed by atoms with Gasteiger partial charge in [0.15, 0.2) is 5.22 Å². The second-order valence-corrected chi connectivity index (χ2v) is 7.65. The van der Waals surface area contributed by atoms with Crippen LogP contribution in [0.15, 0.2) is 65.1 Å². The number of H-pyrrole nitrogens is 1. The van der Waals surface area contributed by atoms with Crippen LogP contribution in [0.25, 0.3) is 10.9 Å². The summed E-state index contributed by atoms with van der Waals surface area (Å²) in [5.41, 5.74) is 0.671. The molecule has 0 aliphatic carbocycles. The van der Waals surface area contributed by atoms with E-state index in [4.69, 9.17) is 53.4 Å². The fourth-order valence-electron chi connectivity index (χ4n) is 2.77. The Morgan fingerprint density at radius 1 is 0.909 bits per heavy atom. The SMILES string of the molecule is O=C(OC(=O)C(OC(=O)c1ccc(Cl)o1)Oc1cccc(Cl)c1Cl)c1cc2ccccc2[nH]1. The van der Waals surface area contributed by atoms with Crippen LogP contribution in [0.4, 0.5) is 0 Å². The summed E-state index contributed by atoms with van der Waals surface area (Å²) in [5, 5.41) is 0.737. The molecular formula is C22H12Cl3NO7. The van der Waals surface area contributed by atoms with E-state index in [1.54, 1.807) is 24.3 Å². The van der Waals surface area contributed by atoms with Crippen molar-refractivity contribution in [1.29, 1.82) is 0 Å². The molecule has 1 N–H and O–H groups in total. The molecular weight excluding hydrogens is 497 g/mol. The monoisotopic (exact) mass is 507 g/mol. The largest absolute Gasteiger partial charge is 0.443 e. The Labute approximate surface area is 200 Å². The molecule has 33 heavy (non-hydrogen) atoms. The number of esters is 3. The lowest BCUT2D eigenvalue weighted by Crippen LogP contribution is -2.35. The number of halogens is 3. The van der Waals surface area contributed by atoms with Gasteiger partial charge < -0.3 is 23.6 Å². The van der Waals surface area contributed by atoms with E-state index in [0.29, 0.717) is 5.52 Å². The Bertz CT molecular complexity index is 1330. The molecule has 168 valence electrons. The number of benzene rings is 2. The van der Waals surface area contributed by atoms with Gasteiger partial charge in [0.25, 0.3) is 0 Å². The third kappa shape index (κ3) is 5.14. The number of hydrogen-bond donors (Lipinski definition) is 1. The Morgan fingerprint density at radius 3 is 2.42 bits per heavy atom. The molecule has 2 heterocycles. The maximum Gasteiger partial charge on any atom is 0.397 e. The third-order valence-electron chi connectivity index (χ3n) is 4.27. The lowest BCUT2D eigenvalue weighted by Gasteiger charge is -2.18. The van der Waals surface area contributed by atoms with Crippen LogP contribution >= 0.6 is 34.8 Å². The quantitative estimate of drug-likeness (QED) is 0.203. The molecule has 4 rings (SSSR count). The smallest absolute Gasteiger partial charge is 0.397 e. The van der Waals surface area contributed by atoms with E-state index in [-0.39, 0.29) is 32.5 Å². The molecule has 11 heteroatoms. The van der Waals surface area contributed by atoms with Crippen LogP contribution in [-0.4, -0.2) is 29.2 Å². The van der Waals surface area contributed by atoms with Gasteiger partial charge in [0.2, 0.25) is 5.76 Å². The molecule has 0 spiro atoms. The molecule has 4 aromatic rings. The van der Waals surface area contributed by atoms with Crippen LogP contribution in [0.3, 0.4) is 0 Å². The summed E-state index contributed by atoms with van der Waals surface area (Å²) in [4.78, 5) is 40.4. The molecule has 0 radical (unpaired) electrons. The normalized spacial score (nSPS) is 11.7. The number of aromatic nitrogens is 1. The fourth-order valence-corrected chi connectivity index (χ4v) is 3.25. The van der Waals surface area contributed by atoms with E-state index in [0.717, 1.165) is 5.39 Å². The summed E-state index contributed by atoms with van der Waals surface area (Å²) in [7, 11) is 0. The van der Waals surface area contributed by atoms with Crippen molar-refractivity contribution in [3.05, 3.63) is 87.4 Å². The van der Waals surface area contributed by atoms with E-state index in [1.165, 1.54) is 36.4 Å². The van der Waals surface area contributed by atoms with Crippen molar-refractivity contribution in [2.75, 3.05) is 0 Å². The zero-order valence-electron chi connectivity index (χ0n) is 16.3. The molecule has 1 atom stereocenters. The summed E-state index contributed by atoms with van der Waals surface area (Å²) >= 11 is 17.7. The van der Waals surface area contributed by atoms with E-state index in [9.17, 15) is 14.4 Å². The Morgan fingerprint density at radius 2 is 1.70 bits per heavy atom. The average Bonchev–Trinajstić information content (AvgIpc) is 3.42. The first-order chi connectivity index (χ1) is 15.8. The van der Waals surface area contributed by atoms with Crippen LogP contribution in [0.5, 0.6) is 5.75 Å². The van der Waals surface area contributed by atoms with Crippen molar-refractivity contribution in [2.24, 2.45) is 0 Å². The molecule has 0 bridgehead atoms. The second-order valence-electron chi connectivity index (χ2n) is 6.49. The number of hydrogen-bond acceptors (Lipinski definition) is 7. The predicted octanol–water partition coefficient (Wildman–Crippen LogP) is 5.67. The highest BCUT2D eigenvalue weighted by Crippen LogP contribution is 2.32. The molecule has 8 nitrogen and oxygen atoms in total. The summed E-state index contributed by atoms with van der Waals surface area (Å²) < 4.78 is 20.3. The number of aromatic amines is 1. The van der Waals surface area contributed by atoms with Gasteiger partial charge in [0, 0.05) is 10.9 Å². The van der Waals surface area contributed by atoms with Gasteiger partial charge in [0.05, 0.1) is 5.02 Å².